The lowest BCUT2D eigenvalue weighted by Crippen LogP contribution is -2.39. The van der Waals surface area contributed by atoms with Gasteiger partial charge < -0.3 is 10.2 Å². The van der Waals surface area contributed by atoms with E-state index in [0.29, 0.717) is 5.56 Å². The first-order valence-electron chi connectivity index (χ1n) is 10.2. The maximum atomic E-state index is 12.9. The highest BCUT2D eigenvalue weighted by molar-refractivity contribution is 5.95. The molecule has 2 saturated carbocycles. The molecule has 28 heavy (non-hydrogen) atoms. The van der Waals surface area contributed by atoms with Crippen LogP contribution in [0.2, 0.25) is 0 Å². The van der Waals surface area contributed by atoms with E-state index in [1.807, 2.05) is 54.4 Å². The molecule has 0 bridgehead atoms. The molecule has 4 rings (SSSR count). The van der Waals surface area contributed by atoms with Gasteiger partial charge in [-0.15, -0.1) is 0 Å². The minimum absolute atomic E-state index is 0.0252. The van der Waals surface area contributed by atoms with Crippen LogP contribution < -0.4 is 5.32 Å². The predicted octanol–water partition coefficient (Wildman–Crippen LogP) is 4.26. The molecule has 2 atom stereocenters. The zero-order valence-corrected chi connectivity index (χ0v) is 16.7. The molecular formula is C24H28N2O2. The van der Waals surface area contributed by atoms with E-state index in [1.165, 1.54) is 0 Å². The molecule has 0 saturated heterocycles. The van der Waals surface area contributed by atoms with Crippen molar-refractivity contribution in [2.24, 2.45) is 5.92 Å². The van der Waals surface area contributed by atoms with Crippen LogP contribution in [0, 0.1) is 5.92 Å². The standard InChI is InChI=1S/C24H28N2O2/c1-24(14-15-24)25-22(27)20-12-13-21(16-20)26(2)23(28)19-10-8-18(9-11-19)17-6-4-3-5-7-17/h3-11,20-21H,12-16H2,1-2H3,(H,25,27)/t20-,21+/m0/s1. The lowest BCUT2D eigenvalue weighted by Gasteiger charge is -2.25. The number of amides is 2. The summed E-state index contributed by atoms with van der Waals surface area (Å²) in [5.41, 5.74) is 2.97. The summed E-state index contributed by atoms with van der Waals surface area (Å²) in [5.74, 6) is 0.216. The van der Waals surface area contributed by atoms with E-state index in [1.54, 1.807) is 0 Å². The van der Waals surface area contributed by atoms with Gasteiger partial charge in [-0.3, -0.25) is 9.59 Å². The van der Waals surface area contributed by atoms with Gasteiger partial charge in [0.25, 0.3) is 5.91 Å². The van der Waals surface area contributed by atoms with Crippen molar-refractivity contribution in [3.63, 3.8) is 0 Å². The quantitative estimate of drug-likeness (QED) is 0.847. The molecule has 0 radical (unpaired) electrons. The molecule has 146 valence electrons. The number of nitrogens with one attached hydrogen (secondary N) is 1. The largest absolute Gasteiger partial charge is 0.351 e. The van der Waals surface area contributed by atoms with Gasteiger partial charge in [-0.05, 0) is 62.3 Å². The molecule has 0 heterocycles. The zero-order valence-electron chi connectivity index (χ0n) is 16.7. The van der Waals surface area contributed by atoms with Gasteiger partial charge in [-0.25, -0.2) is 0 Å². The Bertz CT molecular complexity index is 856. The van der Waals surface area contributed by atoms with Crippen LogP contribution in [0.25, 0.3) is 11.1 Å². The number of nitrogens with zero attached hydrogens (tertiary/aromatic N) is 1. The van der Waals surface area contributed by atoms with Gasteiger partial charge in [0.1, 0.15) is 0 Å². The SMILES string of the molecule is CN(C(=O)c1ccc(-c2ccccc2)cc1)[C@@H]1CC[C@H](C(=O)NC2(C)CC2)C1. The van der Waals surface area contributed by atoms with Gasteiger partial charge >= 0.3 is 0 Å². The maximum absolute atomic E-state index is 12.9. The zero-order chi connectivity index (χ0) is 19.7. The Labute approximate surface area is 166 Å². The van der Waals surface area contributed by atoms with Crippen LogP contribution in [0.5, 0.6) is 0 Å². The molecule has 4 heteroatoms. The molecule has 2 aliphatic carbocycles. The Morgan fingerprint density at radius 3 is 2.25 bits per heavy atom. The smallest absolute Gasteiger partial charge is 0.253 e. The molecule has 0 aromatic heterocycles. The van der Waals surface area contributed by atoms with Crippen molar-refractivity contribution < 1.29 is 9.59 Å². The van der Waals surface area contributed by atoms with Crippen LogP contribution in [0.15, 0.2) is 54.6 Å². The number of carbonyl (C=O) groups excluding carboxylic acids is 2. The maximum Gasteiger partial charge on any atom is 0.253 e. The van der Waals surface area contributed by atoms with Crippen LogP contribution in [0.3, 0.4) is 0 Å². The van der Waals surface area contributed by atoms with E-state index < -0.39 is 0 Å². The van der Waals surface area contributed by atoms with E-state index in [0.717, 1.165) is 43.2 Å². The van der Waals surface area contributed by atoms with Crippen LogP contribution in [0.1, 0.15) is 49.4 Å². The molecule has 2 amide bonds. The van der Waals surface area contributed by atoms with E-state index in [2.05, 4.69) is 24.4 Å². The highest BCUT2D eigenvalue weighted by Gasteiger charge is 2.42. The summed E-state index contributed by atoms with van der Waals surface area (Å²) in [6, 6.07) is 18.1. The van der Waals surface area contributed by atoms with Crippen LogP contribution in [-0.4, -0.2) is 35.3 Å². The van der Waals surface area contributed by atoms with Gasteiger partial charge in [-0.1, -0.05) is 42.5 Å². The molecule has 2 aliphatic rings. The minimum atomic E-state index is 0.0252. The predicted molar refractivity (Wildman–Crippen MR) is 111 cm³/mol. The average Bonchev–Trinajstić information content (AvgIpc) is 3.24. The molecule has 2 fully saturated rings. The Hall–Kier alpha value is -2.62. The second-order valence-corrected chi connectivity index (χ2v) is 8.57. The van der Waals surface area contributed by atoms with Crippen LogP contribution >= 0.6 is 0 Å². The van der Waals surface area contributed by atoms with E-state index >= 15 is 0 Å². The molecule has 0 aliphatic heterocycles. The topological polar surface area (TPSA) is 49.4 Å². The molecule has 2 aromatic carbocycles. The molecular weight excluding hydrogens is 348 g/mol. The van der Waals surface area contributed by atoms with E-state index in [9.17, 15) is 9.59 Å². The molecule has 4 nitrogen and oxygen atoms in total. The Morgan fingerprint density at radius 1 is 0.964 bits per heavy atom. The first kappa shape index (κ1) is 18.7. The minimum Gasteiger partial charge on any atom is -0.351 e. The Morgan fingerprint density at radius 2 is 1.61 bits per heavy atom. The third kappa shape index (κ3) is 3.96. The van der Waals surface area contributed by atoms with Crippen LogP contribution in [-0.2, 0) is 4.79 Å². The molecule has 0 unspecified atom stereocenters. The van der Waals surface area contributed by atoms with Gasteiger partial charge in [0.15, 0.2) is 0 Å². The Balaban J connectivity index is 1.37. The Kier molecular flexibility index (Phi) is 4.96. The number of hydrogen-bond donors (Lipinski definition) is 1. The summed E-state index contributed by atoms with van der Waals surface area (Å²) in [6.45, 7) is 2.10. The number of benzene rings is 2. The van der Waals surface area contributed by atoms with E-state index in [4.69, 9.17) is 0 Å². The number of carbonyl (C=O) groups is 2. The van der Waals surface area contributed by atoms with Gasteiger partial charge in [0.2, 0.25) is 5.91 Å². The molecule has 0 spiro atoms. The summed E-state index contributed by atoms with van der Waals surface area (Å²) in [4.78, 5) is 27.2. The monoisotopic (exact) mass is 376 g/mol. The van der Waals surface area contributed by atoms with Crippen molar-refractivity contribution in [1.82, 2.24) is 10.2 Å². The molecule has 1 N–H and O–H groups in total. The van der Waals surface area contributed by atoms with Crippen molar-refractivity contribution in [1.29, 1.82) is 0 Å². The van der Waals surface area contributed by atoms with E-state index in [-0.39, 0.29) is 29.3 Å². The third-order valence-corrected chi connectivity index (χ3v) is 6.31. The second-order valence-electron chi connectivity index (χ2n) is 8.57. The lowest BCUT2D eigenvalue weighted by molar-refractivity contribution is -0.125. The van der Waals surface area contributed by atoms with Crippen molar-refractivity contribution in [3.05, 3.63) is 60.2 Å². The van der Waals surface area contributed by atoms with Gasteiger partial charge in [0.05, 0.1) is 0 Å². The summed E-state index contributed by atoms with van der Waals surface area (Å²) < 4.78 is 0. The first-order valence-corrected chi connectivity index (χ1v) is 10.2. The number of hydrogen-bond acceptors (Lipinski definition) is 2. The fourth-order valence-corrected chi connectivity index (χ4v) is 4.06. The van der Waals surface area contributed by atoms with Gasteiger partial charge in [-0.2, -0.15) is 0 Å². The molecule has 2 aromatic rings. The van der Waals surface area contributed by atoms with Crippen molar-refractivity contribution in [2.75, 3.05) is 7.05 Å². The summed E-state index contributed by atoms with van der Waals surface area (Å²) in [5, 5.41) is 3.17. The van der Waals surface area contributed by atoms with Gasteiger partial charge in [0, 0.05) is 30.1 Å². The number of rotatable bonds is 5. The highest BCUT2D eigenvalue weighted by atomic mass is 16.2. The average molecular weight is 377 g/mol. The van der Waals surface area contributed by atoms with Crippen LogP contribution in [0.4, 0.5) is 0 Å². The summed E-state index contributed by atoms with van der Waals surface area (Å²) in [6.07, 6.45) is 4.65. The third-order valence-electron chi connectivity index (χ3n) is 6.31. The normalized spacial score (nSPS) is 22.5. The summed E-state index contributed by atoms with van der Waals surface area (Å²) in [7, 11) is 1.86. The van der Waals surface area contributed by atoms with Crippen molar-refractivity contribution >= 4 is 11.8 Å². The fraction of sp³-hybridized carbons (Fsp3) is 0.417. The first-order chi connectivity index (χ1) is 13.5. The lowest BCUT2D eigenvalue weighted by atomic mass is 10.0. The van der Waals surface area contributed by atoms with Crippen molar-refractivity contribution in [2.45, 2.75) is 50.6 Å². The summed E-state index contributed by atoms with van der Waals surface area (Å²) >= 11 is 0. The second kappa shape index (κ2) is 7.42. The van der Waals surface area contributed by atoms with Crippen molar-refractivity contribution in [3.8, 4) is 11.1 Å². The fourth-order valence-electron chi connectivity index (χ4n) is 4.06. The highest BCUT2D eigenvalue weighted by Crippen LogP contribution is 2.36.